The summed E-state index contributed by atoms with van der Waals surface area (Å²) in [7, 11) is 0. The first-order valence-corrected chi connectivity index (χ1v) is 4.01. The molecule has 0 amide bonds. The molecule has 1 aromatic rings. The summed E-state index contributed by atoms with van der Waals surface area (Å²) in [5.74, 6) is -0.0946. The molecule has 0 unspecified atom stereocenters. The lowest BCUT2D eigenvalue weighted by Crippen LogP contribution is -2.00. The van der Waals surface area contributed by atoms with E-state index >= 15 is 0 Å². The molecule has 0 atom stereocenters. The summed E-state index contributed by atoms with van der Waals surface area (Å²) in [4.78, 5) is 20.5. The van der Waals surface area contributed by atoms with Crippen LogP contribution in [-0.2, 0) is 4.18 Å². The molecule has 1 aliphatic heterocycles. The van der Waals surface area contributed by atoms with Crippen LogP contribution in [0.25, 0.3) is 0 Å². The molecule has 0 fully saturated rings. The Kier molecular flexibility index (Phi) is 1.97. The molecule has 0 aromatic heterocycles. The minimum atomic E-state index is -0.641. The van der Waals surface area contributed by atoms with Crippen LogP contribution in [0.3, 0.4) is 0 Å². The number of rotatable bonds is 1. The summed E-state index contributed by atoms with van der Waals surface area (Å²) in [6.07, 6.45) is 0. The molecule has 0 saturated heterocycles. The van der Waals surface area contributed by atoms with E-state index in [4.69, 9.17) is 16.5 Å². The molecule has 2 rings (SSSR count). The van der Waals surface area contributed by atoms with Gasteiger partial charge < -0.3 is 4.18 Å². The van der Waals surface area contributed by atoms with Crippen molar-refractivity contribution in [2.75, 3.05) is 0 Å². The largest absolute Gasteiger partial charge is 0.391 e. The van der Waals surface area contributed by atoms with Crippen LogP contribution in [0.4, 0.5) is 0 Å². The Morgan fingerprint density at radius 3 is 2.92 bits per heavy atom. The maximum atomic E-state index is 11.1. The number of hydrogen-bond donors (Lipinski definition) is 1. The molecule has 0 radical (unpaired) electrons. The maximum absolute atomic E-state index is 11.1. The highest BCUT2D eigenvalue weighted by Gasteiger charge is 2.27. The third kappa shape index (κ3) is 1.20. The van der Waals surface area contributed by atoms with Gasteiger partial charge in [0.15, 0.2) is 0 Å². The van der Waals surface area contributed by atoms with Crippen molar-refractivity contribution in [2.45, 2.75) is 0 Å². The van der Waals surface area contributed by atoms with Crippen LogP contribution in [0.15, 0.2) is 12.1 Å². The second-order valence-corrected chi connectivity index (χ2v) is 2.86. The topological polar surface area (TPSA) is 44.8 Å². The van der Waals surface area contributed by atoms with E-state index < -0.39 is 5.97 Å². The zero-order valence-electron chi connectivity index (χ0n) is 6.11. The normalized spacial score (nSPS) is 11.8. The Balaban J connectivity index is 2.53. The molecule has 1 aliphatic rings. The van der Waals surface area contributed by atoms with Crippen molar-refractivity contribution in [3.8, 4) is 11.5 Å². The Hall–Kier alpha value is -1.07. The van der Waals surface area contributed by atoms with Gasteiger partial charge in [-0.05, 0) is 12.1 Å². The van der Waals surface area contributed by atoms with Gasteiger partial charge in [-0.3, -0.25) is 9.78 Å². The zero-order valence-corrected chi connectivity index (χ0v) is 7.76. The second-order valence-electron chi connectivity index (χ2n) is 2.30. The van der Waals surface area contributed by atoms with E-state index in [0.717, 1.165) is 0 Å². The van der Waals surface area contributed by atoms with Crippen LogP contribution < -0.4 is 9.78 Å². The molecule has 2 bridgehead atoms. The maximum Gasteiger partial charge on any atom is 0.353 e. The molecule has 0 aliphatic carbocycles. The lowest BCUT2D eigenvalue weighted by molar-refractivity contribution is -0.0851. The van der Waals surface area contributed by atoms with Gasteiger partial charge in [0.05, 0.1) is 0 Å². The van der Waals surface area contributed by atoms with Crippen molar-refractivity contribution in [2.24, 2.45) is 0 Å². The van der Waals surface area contributed by atoms with Crippen molar-refractivity contribution < 1.29 is 18.8 Å². The Bertz CT molecular complexity index is 379. The fraction of sp³-hybridized carbons (Fsp3) is 0. The van der Waals surface area contributed by atoms with Crippen LogP contribution in [0.5, 0.6) is 11.5 Å². The van der Waals surface area contributed by atoms with Crippen molar-refractivity contribution >= 4 is 30.5 Å². The van der Waals surface area contributed by atoms with Crippen LogP contribution in [0.1, 0.15) is 10.4 Å². The first-order valence-electron chi connectivity index (χ1n) is 3.27. The molecular weight excluding hydrogens is 216 g/mol. The van der Waals surface area contributed by atoms with Gasteiger partial charge in [0.2, 0.25) is 11.5 Å². The van der Waals surface area contributed by atoms with Gasteiger partial charge in [-0.25, -0.2) is 4.79 Å². The first kappa shape index (κ1) is 8.52. The summed E-state index contributed by atoms with van der Waals surface area (Å²) >= 11 is 9.14. The molecule has 0 spiro atoms. The highest BCUT2D eigenvalue weighted by molar-refractivity contribution is 7.75. The van der Waals surface area contributed by atoms with E-state index in [9.17, 15) is 4.79 Å². The molecule has 0 saturated carbocycles. The average Bonchev–Trinajstić information content (AvgIpc) is 2.41. The predicted octanol–water partition coefficient (Wildman–Crippen LogP) is 2.03. The van der Waals surface area contributed by atoms with Crippen LogP contribution in [0.2, 0.25) is 5.02 Å². The number of halogens is 1. The SMILES string of the molecule is O=C(OS)c1ccc2c(Cl)c1OO2. The Labute approximate surface area is 83.9 Å². The van der Waals surface area contributed by atoms with E-state index in [2.05, 4.69) is 22.0 Å². The van der Waals surface area contributed by atoms with Crippen molar-refractivity contribution in [3.63, 3.8) is 0 Å². The number of benzene rings is 1. The van der Waals surface area contributed by atoms with Crippen LogP contribution in [0, 0.1) is 0 Å². The third-order valence-electron chi connectivity index (χ3n) is 1.58. The fourth-order valence-corrected chi connectivity index (χ4v) is 1.31. The zero-order chi connectivity index (χ0) is 9.42. The molecule has 1 aromatic carbocycles. The standard InChI is InChI=1S/C7H3ClO4S/c8-5-4-2-1-3(7(9)12-13)6(5)11-10-4/h1-2,13H. The molecular formula is C7H3ClO4S. The van der Waals surface area contributed by atoms with E-state index in [1.807, 2.05) is 0 Å². The van der Waals surface area contributed by atoms with Gasteiger partial charge >= 0.3 is 5.97 Å². The van der Waals surface area contributed by atoms with Gasteiger partial charge in [-0.2, -0.15) is 0 Å². The number of carbonyl (C=O) groups is 1. The summed E-state index contributed by atoms with van der Waals surface area (Å²) in [6.45, 7) is 0. The van der Waals surface area contributed by atoms with Gasteiger partial charge in [-0.1, -0.05) is 11.6 Å². The lowest BCUT2D eigenvalue weighted by atomic mass is 10.2. The number of hydrogen-bond acceptors (Lipinski definition) is 5. The smallest absolute Gasteiger partial charge is 0.353 e. The summed E-state index contributed by atoms with van der Waals surface area (Å²) in [5.41, 5.74) is 0.182. The third-order valence-corrected chi connectivity index (χ3v) is 2.10. The summed E-state index contributed by atoms with van der Waals surface area (Å²) in [6, 6.07) is 3.00. The van der Waals surface area contributed by atoms with Gasteiger partial charge in [-0.15, -0.1) is 0 Å². The van der Waals surface area contributed by atoms with E-state index in [-0.39, 0.29) is 16.3 Å². The van der Waals surface area contributed by atoms with Gasteiger partial charge in [0.25, 0.3) is 0 Å². The molecule has 6 heteroatoms. The first-order chi connectivity index (χ1) is 6.24. The van der Waals surface area contributed by atoms with Crippen molar-refractivity contribution in [3.05, 3.63) is 22.7 Å². The van der Waals surface area contributed by atoms with Crippen molar-refractivity contribution in [1.29, 1.82) is 0 Å². The van der Waals surface area contributed by atoms with Crippen LogP contribution in [-0.4, -0.2) is 5.97 Å². The van der Waals surface area contributed by atoms with E-state index in [1.54, 1.807) is 0 Å². The van der Waals surface area contributed by atoms with Gasteiger partial charge in [0.1, 0.15) is 10.6 Å². The predicted molar refractivity (Wildman–Crippen MR) is 47.1 cm³/mol. The number of fused-ring (bicyclic) bond motifs is 2. The lowest BCUT2D eigenvalue weighted by Gasteiger charge is -1.98. The monoisotopic (exact) mass is 218 g/mol. The molecule has 4 nitrogen and oxygen atoms in total. The Morgan fingerprint density at radius 2 is 2.23 bits per heavy atom. The molecule has 0 N–H and O–H groups in total. The Morgan fingerprint density at radius 1 is 1.46 bits per heavy atom. The highest BCUT2D eigenvalue weighted by atomic mass is 35.5. The second kappa shape index (κ2) is 3.01. The average molecular weight is 219 g/mol. The molecule has 13 heavy (non-hydrogen) atoms. The minimum Gasteiger partial charge on any atom is -0.391 e. The van der Waals surface area contributed by atoms with Gasteiger partial charge in [0, 0.05) is 12.9 Å². The number of carbonyl (C=O) groups excluding carboxylic acids is 1. The van der Waals surface area contributed by atoms with Crippen LogP contribution >= 0.6 is 24.5 Å². The van der Waals surface area contributed by atoms with E-state index in [0.29, 0.717) is 5.75 Å². The highest BCUT2D eigenvalue weighted by Crippen LogP contribution is 2.42. The molecule has 68 valence electrons. The quantitative estimate of drug-likeness (QED) is 0.445. The number of thiol groups is 1. The fourth-order valence-electron chi connectivity index (χ4n) is 0.980. The molecule has 1 heterocycles. The van der Waals surface area contributed by atoms with E-state index in [1.165, 1.54) is 12.1 Å². The summed E-state index contributed by atoms with van der Waals surface area (Å²) in [5, 5.41) is 0.260. The summed E-state index contributed by atoms with van der Waals surface area (Å²) < 4.78 is 4.22. The minimum absolute atomic E-state index is 0.165. The van der Waals surface area contributed by atoms with Crippen molar-refractivity contribution in [1.82, 2.24) is 0 Å².